The molecule has 0 radical (unpaired) electrons. The normalized spacial score (nSPS) is 13.0. The summed E-state index contributed by atoms with van der Waals surface area (Å²) in [7, 11) is 0. The van der Waals surface area contributed by atoms with Crippen molar-refractivity contribution >= 4 is 23.4 Å². The molecule has 2 aromatic rings. The van der Waals surface area contributed by atoms with E-state index in [0.717, 1.165) is 51.8 Å². The third-order valence-electron chi connectivity index (χ3n) is 3.61. The lowest BCUT2D eigenvalue weighted by atomic mass is 10.1. The van der Waals surface area contributed by atoms with E-state index in [-0.39, 0.29) is 5.88 Å². The molecule has 0 atom stereocenters. The fraction of sp³-hybridized carbons (Fsp3) is 0.250. The van der Waals surface area contributed by atoms with Crippen LogP contribution in [0, 0.1) is 11.3 Å². The van der Waals surface area contributed by atoms with Crippen LogP contribution in [0.1, 0.15) is 28.7 Å². The SMILES string of the molecule is N#Cc1c(O)nc(SCc2ccc(Cl)cc2)c2c1CCC2. The Kier molecular flexibility index (Phi) is 4.05. The molecule has 21 heavy (non-hydrogen) atoms. The number of hydrogen-bond donors (Lipinski definition) is 1. The fourth-order valence-corrected chi connectivity index (χ4v) is 3.75. The van der Waals surface area contributed by atoms with Crippen molar-refractivity contribution in [1.29, 1.82) is 5.26 Å². The molecule has 0 aliphatic heterocycles. The predicted molar refractivity (Wildman–Crippen MR) is 83.7 cm³/mol. The lowest BCUT2D eigenvalue weighted by Gasteiger charge is -2.10. The van der Waals surface area contributed by atoms with Gasteiger partial charge < -0.3 is 5.11 Å². The van der Waals surface area contributed by atoms with Gasteiger partial charge >= 0.3 is 0 Å². The van der Waals surface area contributed by atoms with E-state index in [2.05, 4.69) is 11.1 Å². The van der Waals surface area contributed by atoms with Crippen molar-refractivity contribution in [2.75, 3.05) is 0 Å². The lowest BCUT2D eigenvalue weighted by Crippen LogP contribution is -1.97. The predicted octanol–water partition coefficient (Wildman–Crippen LogP) is 4.09. The number of thioether (sulfide) groups is 1. The Balaban J connectivity index is 1.86. The van der Waals surface area contributed by atoms with Crippen molar-refractivity contribution in [1.82, 2.24) is 4.98 Å². The van der Waals surface area contributed by atoms with E-state index in [1.165, 1.54) is 0 Å². The van der Waals surface area contributed by atoms with Crippen molar-refractivity contribution in [3.05, 3.63) is 51.5 Å². The average Bonchev–Trinajstić information content (AvgIpc) is 2.96. The van der Waals surface area contributed by atoms with Crippen LogP contribution in [-0.2, 0) is 18.6 Å². The zero-order valence-electron chi connectivity index (χ0n) is 11.3. The third kappa shape index (κ3) is 2.85. The van der Waals surface area contributed by atoms with Crippen molar-refractivity contribution < 1.29 is 5.11 Å². The topological polar surface area (TPSA) is 56.9 Å². The van der Waals surface area contributed by atoms with Gasteiger partial charge in [0.25, 0.3) is 0 Å². The lowest BCUT2D eigenvalue weighted by molar-refractivity contribution is 0.445. The molecule has 0 spiro atoms. The molecule has 3 nitrogen and oxygen atoms in total. The molecule has 1 N–H and O–H groups in total. The van der Waals surface area contributed by atoms with Crippen LogP contribution in [0.3, 0.4) is 0 Å². The van der Waals surface area contributed by atoms with Crippen LogP contribution >= 0.6 is 23.4 Å². The van der Waals surface area contributed by atoms with Gasteiger partial charge in [0.15, 0.2) is 0 Å². The van der Waals surface area contributed by atoms with Crippen LogP contribution in [0.15, 0.2) is 29.3 Å². The highest BCUT2D eigenvalue weighted by Crippen LogP contribution is 2.37. The van der Waals surface area contributed by atoms with E-state index in [4.69, 9.17) is 16.9 Å². The number of benzene rings is 1. The van der Waals surface area contributed by atoms with Gasteiger partial charge in [-0.15, -0.1) is 11.8 Å². The third-order valence-corrected chi connectivity index (χ3v) is 4.95. The number of fused-ring (bicyclic) bond motifs is 1. The van der Waals surface area contributed by atoms with Crippen LogP contribution in [0.5, 0.6) is 5.88 Å². The molecule has 0 saturated carbocycles. The van der Waals surface area contributed by atoms with Gasteiger partial charge in [0, 0.05) is 10.8 Å². The maximum absolute atomic E-state index is 9.92. The molecule has 0 unspecified atom stereocenters. The Morgan fingerprint density at radius 3 is 2.67 bits per heavy atom. The zero-order chi connectivity index (χ0) is 14.8. The molecule has 106 valence electrons. The van der Waals surface area contributed by atoms with Gasteiger partial charge in [0.1, 0.15) is 16.7 Å². The van der Waals surface area contributed by atoms with Crippen molar-refractivity contribution in [2.24, 2.45) is 0 Å². The standard InChI is InChI=1S/C16H13ClN2OS/c17-11-6-4-10(5-7-11)9-21-16-13-3-1-2-12(13)14(8-18)15(20)19-16/h4-7H,1-3,9H2,(H,19,20). The fourth-order valence-electron chi connectivity index (χ4n) is 2.58. The maximum Gasteiger partial charge on any atom is 0.230 e. The largest absolute Gasteiger partial charge is 0.492 e. The highest BCUT2D eigenvalue weighted by Gasteiger charge is 2.23. The van der Waals surface area contributed by atoms with Crippen LogP contribution < -0.4 is 0 Å². The maximum atomic E-state index is 9.92. The number of hydrogen-bond acceptors (Lipinski definition) is 4. The summed E-state index contributed by atoms with van der Waals surface area (Å²) < 4.78 is 0. The molecule has 0 saturated heterocycles. The van der Waals surface area contributed by atoms with Gasteiger partial charge in [-0.05, 0) is 48.1 Å². The number of aromatic nitrogens is 1. The minimum absolute atomic E-state index is 0.142. The van der Waals surface area contributed by atoms with Gasteiger partial charge in [-0.25, -0.2) is 4.98 Å². The Morgan fingerprint density at radius 1 is 1.24 bits per heavy atom. The molecule has 3 rings (SSSR count). The summed E-state index contributed by atoms with van der Waals surface area (Å²) in [6.45, 7) is 0. The van der Waals surface area contributed by atoms with Gasteiger partial charge in [0.05, 0.1) is 0 Å². The molecule has 1 aliphatic carbocycles. The van der Waals surface area contributed by atoms with Crippen molar-refractivity contribution in [2.45, 2.75) is 30.0 Å². The number of nitrogens with zero attached hydrogens (tertiary/aromatic N) is 2. The average molecular weight is 317 g/mol. The summed E-state index contributed by atoms with van der Waals surface area (Å²) in [5.41, 5.74) is 3.60. The number of rotatable bonds is 3. The first-order valence-corrected chi connectivity index (χ1v) is 8.07. The first-order valence-electron chi connectivity index (χ1n) is 6.71. The molecule has 0 fully saturated rings. The molecule has 1 aromatic carbocycles. The second-order valence-corrected chi connectivity index (χ2v) is 6.35. The summed E-state index contributed by atoms with van der Waals surface area (Å²) in [5.74, 6) is 0.624. The number of pyridine rings is 1. The molecular formula is C16H13ClN2OS. The van der Waals surface area contributed by atoms with E-state index in [9.17, 15) is 5.11 Å². The van der Waals surface area contributed by atoms with Crippen LogP contribution in [-0.4, -0.2) is 10.1 Å². The highest BCUT2D eigenvalue weighted by molar-refractivity contribution is 7.98. The summed E-state index contributed by atoms with van der Waals surface area (Å²) >= 11 is 7.47. The second kappa shape index (κ2) is 5.97. The molecule has 0 amide bonds. The number of halogens is 1. The molecule has 5 heteroatoms. The molecule has 1 aliphatic rings. The molecule has 0 bridgehead atoms. The highest BCUT2D eigenvalue weighted by atomic mass is 35.5. The number of nitriles is 1. The number of aromatic hydroxyl groups is 1. The summed E-state index contributed by atoms with van der Waals surface area (Å²) in [6.07, 6.45) is 2.80. The van der Waals surface area contributed by atoms with Crippen LogP contribution in [0.2, 0.25) is 5.02 Å². The quantitative estimate of drug-likeness (QED) is 0.866. The Bertz CT molecular complexity index is 723. The molecule has 1 heterocycles. The first kappa shape index (κ1) is 14.2. The van der Waals surface area contributed by atoms with Crippen LogP contribution in [0.4, 0.5) is 0 Å². The van der Waals surface area contributed by atoms with Crippen molar-refractivity contribution in [3.63, 3.8) is 0 Å². The van der Waals surface area contributed by atoms with Gasteiger partial charge in [-0.3, -0.25) is 0 Å². The second-order valence-electron chi connectivity index (χ2n) is 4.95. The van der Waals surface area contributed by atoms with Gasteiger partial charge in [-0.1, -0.05) is 23.7 Å². The van der Waals surface area contributed by atoms with E-state index >= 15 is 0 Å². The van der Waals surface area contributed by atoms with Gasteiger partial charge in [0.2, 0.25) is 5.88 Å². The summed E-state index contributed by atoms with van der Waals surface area (Å²) in [5, 5.41) is 20.6. The van der Waals surface area contributed by atoms with E-state index < -0.39 is 0 Å². The van der Waals surface area contributed by atoms with E-state index in [1.54, 1.807) is 11.8 Å². The zero-order valence-corrected chi connectivity index (χ0v) is 12.8. The molecular weight excluding hydrogens is 304 g/mol. The Morgan fingerprint density at radius 2 is 1.95 bits per heavy atom. The van der Waals surface area contributed by atoms with Gasteiger partial charge in [-0.2, -0.15) is 5.26 Å². The first-order chi connectivity index (χ1) is 10.2. The van der Waals surface area contributed by atoms with Crippen molar-refractivity contribution in [3.8, 4) is 11.9 Å². The van der Waals surface area contributed by atoms with E-state index in [1.807, 2.05) is 24.3 Å². The summed E-state index contributed by atoms with van der Waals surface area (Å²) in [4.78, 5) is 4.22. The van der Waals surface area contributed by atoms with Crippen LogP contribution in [0.25, 0.3) is 0 Å². The summed E-state index contributed by atoms with van der Waals surface area (Å²) in [6, 6.07) is 9.77. The minimum atomic E-state index is -0.142. The van der Waals surface area contributed by atoms with E-state index in [0.29, 0.717) is 5.56 Å². The Hall–Kier alpha value is -1.70. The monoisotopic (exact) mass is 316 g/mol. The Labute approximate surface area is 132 Å². The smallest absolute Gasteiger partial charge is 0.230 e. The minimum Gasteiger partial charge on any atom is -0.492 e. The molecule has 1 aromatic heterocycles.